The first kappa shape index (κ1) is 15.7. The number of imide groups is 1. The number of nitro benzene ring substituents is 1. The lowest BCUT2D eigenvalue weighted by molar-refractivity contribution is -0.384. The Hall–Kier alpha value is -3.23. The first-order valence-electron chi connectivity index (χ1n) is 7.12. The minimum atomic E-state index is -1.29. The number of amides is 3. The van der Waals surface area contributed by atoms with E-state index in [9.17, 15) is 19.7 Å². The van der Waals surface area contributed by atoms with Crippen LogP contribution in [0, 0.1) is 17.0 Å². The van der Waals surface area contributed by atoms with Gasteiger partial charge in [0.2, 0.25) is 0 Å². The van der Waals surface area contributed by atoms with Gasteiger partial charge in [-0.2, -0.15) is 0 Å². The second-order valence-corrected chi connectivity index (χ2v) is 5.68. The summed E-state index contributed by atoms with van der Waals surface area (Å²) < 4.78 is 4.93. The van der Waals surface area contributed by atoms with Crippen LogP contribution in [0.15, 0.2) is 34.9 Å². The zero-order valence-electron chi connectivity index (χ0n) is 13.0. The number of non-ortho nitro benzene ring substituents is 1. The summed E-state index contributed by atoms with van der Waals surface area (Å²) in [5.41, 5.74) is -0.450. The number of carbonyl (C=O) groups excluding carboxylic acids is 2. The Morgan fingerprint density at radius 2 is 2.00 bits per heavy atom. The van der Waals surface area contributed by atoms with E-state index in [1.807, 2.05) is 0 Å². The highest BCUT2D eigenvalue weighted by Crippen LogP contribution is 2.30. The molecule has 9 nitrogen and oxygen atoms in total. The quantitative estimate of drug-likeness (QED) is 0.519. The Kier molecular flexibility index (Phi) is 3.55. The van der Waals surface area contributed by atoms with Gasteiger partial charge in [0.05, 0.1) is 11.5 Å². The maximum absolute atomic E-state index is 12.7. The van der Waals surface area contributed by atoms with Crippen molar-refractivity contribution < 1.29 is 19.0 Å². The van der Waals surface area contributed by atoms with Crippen LogP contribution in [0.4, 0.5) is 10.5 Å². The molecule has 1 saturated heterocycles. The van der Waals surface area contributed by atoms with Crippen molar-refractivity contribution in [1.29, 1.82) is 0 Å². The average molecular weight is 330 g/mol. The molecule has 3 rings (SSSR count). The predicted molar refractivity (Wildman–Crippen MR) is 80.8 cm³/mol. The summed E-state index contributed by atoms with van der Waals surface area (Å²) >= 11 is 0. The van der Waals surface area contributed by atoms with Crippen molar-refractivity contribution in [3.8, 4) is 0 Å². The molecule has 1 aromatic carbocycles. The molecule has 0 aliphatic carbocycles. The molecule has 2 heterocycles. The summed E-state index contributed by atoms with van der Waals surface area (Å²) in [5.74, 6) is 0.122. The van der Waals surface area contributed by atoms with Crippen LogP contribution in [0.2, 0.25) is 0 Å². The topological polar surface area (TPSA) is 119 Å². The molecule has 1 fully saturated rings. The molecule has 1 N–H and O–H groups in total. The van der Waals surface area contributed by atoms with Crippen molar-refractivity contribution in [2.75, 3.05) is 0 Å². The summed E-state index contributed by atoms with van der Waals surface area (Å²) in [4.78, 5) is 36.2. The summed E-state index contributed by atoms with van der Waals surface area (Å²) in [6.45, 7) is 3.26. The van der Waals surface area contributed by atoms with Gasteiger partial charge in [-0.25, -0.2) is 4.79 Å². The second-order valence-electron chi connectivity index (χ2n) is 5.68. The highest BCUT2D eigenvalue weighted by atomic mass is 16.6. The largest absolute Gasteiger partial charge is 0.361 e. The number of benzene rings is 1. The zero-order valence-corrected chi connectivity index (χ0v) is 13.0. The monoisotopic (exact) mass is 330 g/mol. The number of aryl methyl sites for hydroxylation is 1. The Bertz CT molecular complexity index is 829. The van der Waals surface area contributed by atoms with E-state index < -0.39 is 22.4 Å². The Labute approximate surface area is 136 Å². The van der Waals surface area contributed by atoms with Crippen molar-refractivity contribution in [3.63, 3.8) is 0 Å². The number of nitro groups is 1. The fourth-order valence-electron chi connectivity index (χ4n) is 2.61. The third-order valence-electron chi connectivity index (χ3n) is 3.93. The van der Waals surface area contributed by atoms with Gasteiger partial charge in [0.15, 0.2) is 0 Å². The molecule has 1 aliphatic heterocycles. The fraction of sp³-hybridized carbons (Fsp3) is 0.267. The van der Waals surface area contributed by atoms with Crippen molar-refractivity contribution in [1.82, 2.24) is 15.4 Å². The molecular weight excluding hydrogens is 316 g/mol. The second kappa shape index (κ2) is 5.44. The van der Waals surface area contributed by atoms with Gasteiger partial charge in [-0.3, -0.25) is 19.8 Å². The van der Waals surface area contributed by atoms with Gasteiger partial charge in [0, 0.05) is 18.2 Å². The fourth-order valence-corrected chi connectivity index (χ4v) is 2.61. The highest BCUT2D eigenvalue weighted by molar-refractivity contribution is 6.07. The lowest BCUT2D eigenvalue weighted by Crippen LogP contribution is -2.40. The third-order valence-corrected chi connectivity index (χ3v) is 3.93. The highest BCUT2D eigenvalue weighted by Gasteiger charge is 2.49. The van der Waals surface area contributed by atoms with Gasteiger partial charge in [-0.15, -0.1) is 0 Å². The minimum absolute atomic E-state index is 0.00935. The van der Waals surface area contributed by atoms with Gasteiger partial charge < -0.3 is 9.84 Å². The summed E-state index contributed by atoms with van der Waals surface area (Å²) in [7, 11) is 0. The van der Waals surface area contributed by atoms with Gasteiger partial charge in [-0.05, 0) is 31.5 Å². The average Bonchev–Trinajstić information content (AvgIpc) is 3.05. The van der Waals surface area contributed by atoms with Crippen LogP contribution < -0.4 is 5.32 Å². The molecule has 3 amide bonds. The Morgan fingerprint density at radius 3 is 2.54 bits per heavy atom. The number of rotatable bonds is 4. The molecule has 9 heteroatoms. The van der Waals surface area contributed by atoms with E-state index in [4.69, 9.17) is 4.52 Å². The predicted octanol–water partition coefficient (Wildman–Crippen LogP) is 1.86. The van der Waals surface area contributed by atoms with Crippen LogP contribution >= 0.6 is 0 Å². The van der Waals surface area contributed by atoms with Crippen LogP contribution in [-0.4, -0.2) is 26.9 Å². The molecule has 24 heavy (non-hydrogen) atoms. The van der Waals surface area contributed by atoms with E-state index in [0.717, 1.165) is 4.90 Å². The Balaban J connectivity index is 1.87. The van der Waals surface area contributed by atoms with Crippen molar-refractivity contribution in [3.05, 3.63) is 57.5 Å². The molecule has 1 aromatic heterocycles. The number of carbonyl (C=O) groups is 2. The molecule has 0 spiro atoms. The van der Waals surface area contributed by atoms with Gasteiger partial charge in [-0.1, -0.05) is 5.16 Å². The third kappa shape index (κ3) is 2.49. The van der Waals surface area contributed by atoms with E-state index >= 15 is 0 Å². The maximum Gasteiger partial charge on any atom is 0.325 e. The number of nitrogens with zero attached hydrogens (tertiary/aromatic N) is 3. The first-order chi connectivity index (χ1) is 11.3. The molecule has 0 bridgehead atoms. The molecule has 2 aromatic rings. The normalized spacial score (nSPS) is 20.3. The number of aromatic nitrogens is 1. The number of nitrogens with one attached hydrogen (secondary N) is 1. The van der Waals surface area contributed by atoms with E-state index in [1.54, 1.807) is 19.9 Å². The lowest BCUT2D eigenvalue weighted by atomic mass is 9.92. The zero-order chi connectivity index (χ0) is 17.5. The standard InChI is InChI=1S/C15H14N4O5/c1-9-7-11(17-24-9)8-18-13(20)15(2,16-14(18)21)10-3-5-12(6-4-10)19(22)23/h3-7H,8H2,1-2H3,(H,16,21). The first-order valence-corrected chi connectivity index (χ1v) is 7.12. The van der Waals surface area contributed by atoms with E-state index in [0.29, 0.717) is 17.0 Å². The van der Waals surface area contributed by atoms with E-state index in [1.165, 1.54) is 24.3 Å². The molecular formula is C15H14N4O5. The molecule has 1 unspecified atom stereocenters. The Morgan fingerprint density at radius 1 is 1.33 bits per heavy atom. The molecule has 124 valence electrons. The van der Waals surface area contributed by atoms with E-state index in [-0.39, 0.29) is 12.2 Å². The minimum Gasteiger partial charge on any atom is -0.361 e. The van der Waals surface area contributed by atoms with Crippen molar-refractivity contribution >= 4 is 17.6 Å². The van der Waals surface area contributed by atoms with Crippen molar-refractivity contribution in [2.45, 2.75) is 25.9 Å². The summed E-state index contributed by atoms with van der Waals surface area (Å²) in [6.07, 6.45) is 0. The lowest BCUT2D eigenvalue weighted by Gasteiger charge is -2.21. The number of hydrogen-bond acceptors (Lipinski definition) is 6. The van der Waals surface area contributed by atoms with Gasteiger partial charge >= 0.3 is 6.03 Å². The molecule has 1 atom stereocenters. The summed E-state index contributed by atoms with van der Waals surface area (Å²) in [6, 6.07) is 6.59. The SMILES string of the molecule is Cc1cc(CN2C(=O)NC(C)(c3ccc([N+](=O)[O-])cc3)C2=O)no1. The number of urea groups is 1. The number of hydrogen-bond donors (Lipinski definition) is 1. The van der Waals surface area contributed by atoms with Gasteiger partial charge in [0.1, 0.15) is 17.0 Å². The van der Waals surface area contributed by atoms with Gasteiger partial charge in [0.25, 0.3) is 11.6 Å². The molecule has 0 radical (unpaired) electrons. The summed E-state index contributed by atoms with van der Waals surface area (Å²) in [5, 5.41) is 17.1. The molecule has 1 aliphatic rings. The van der Waals surface area contributed by atoms with Crippen LogP contribution in [0.5, 0.6) is 0 Å². The van der Waals surface area contributed by atoms with Crippen LogP contribution in [0.3, 0.4) is 0 Å². The van der Waals surface area contributed by atoms with Crippen molar-refractivity contribution in [2.24, 2.45) is 0 Å². The maximum atomic E-state index is 12.7. The smallest absolute Gasteiger partial charge is 0.325 e. The van der Waals surface area contributed by atoms with E-state index in [2.05, 4.69) is 10.5 Å². The van der Waals surface area contributed by atoms with Crippen LogP contribution in [0.25, 0.3) is 0 Å². The van der Waals surface area contributed by atoms with Crippen LogP contribution in [0.1, 0.15) is 23.9 Å². The molecule has 0 saturated carbocycles. The van der Waals surface area contributed by atoms with Crippen LogP contribution in [-0.2, 0) is 16.9 Å².